The van der Waals surface area contributed by atoms with Crippen molar-refractivity contribution in [3.05, 3.63) is 94.5 Å². The van der Waals surface area contributed by atoms with Crippen molar-refractivity contribution < 1.29 is 9.47 Å². The van der Waals surface area contributed by atoms with Crippen LogP contribution >= 0.6 is 22.6 Å². The van der Waals surface area contributed by atoms with Crippen molar-refractivity contribution in [2.75, 3.05) is 0 Å². The molecule has 1 fully saturated rings. The normalized spacial score (nSPS) is 21.1. The highest BCUT2D eigenvalue weighted by Crippen LogP contribution is 2.35. The Morgan fingerprint density at radius 2 is 1.73 bits per heavy atom. The summed E-state index contributed by atoms with van der Waals surface area (Å²) in [5.74, 6) is 0.685. The van der Waals surface area contributed by atoms with Crippen molar-refractivity contribution in [3.8, 4) is 17.0 Å². The molecule has 3 aromatic heterocycles. The minimum absolute atomic E-state index is 0.176. The Kier molecular flexibility index (Phi) is 7.06. The number of hydrogen-bond donors (Lipinski definition) is 0. The van der Waals surface area contributed by atoms with Crippen molar-refractivity contribution in [1.29, 1.82) is 0 Å². The van der Waals surface area contributed by atoms with Gasteiger partial charge in [0, 0.05) is 70.0 Å². The molecule has 2 aliphatic carbocycles. The van der Waals surface area contributed by atoms with Gasteiger partial charge in [-0.1, -0.05) is 30.3 Å². The Balaban J connectivity index is 0.926. The second-order valence-corrected chi connectivity index (χ2v) is 12.3. The molecule has 7 rings (SSSR count). The Morgan fingerprint density at radius 1 is 0.825 bits per heavy atom. The van der Waals surface area contributed by atoms with Gasteiger partial charge in [-0.2, -0.15) is 0 Å². The quantitative estimate of drug-likeness (QED) is 0.175. The largest absolute Gasteiger partial charge is 0.474 e. The van der Waals surface area contributed by atoms with E-state index >= 15 is 0 Å². The fourth-order valence-electron chi connectivity index (χ4n) is 6.11. The minimum Gasteiger partial charge on any atom is -0.474 e. The van der Waals surface area contributed by atoms with E-state index in [-0.39, 0.29) is 12.2 Å². The number of halogens is 1. The molecule has 5 aromatic rings. The Hall–Kier alpha value is -3.23. The molecular weight excluding hydrogens is 609 g/mol. The van der Waals surface area contributed by atoms with Gasteiger partial charge < -0.3 is 14.0 Å². The first kappa shape index (κ1) is 25.7. The van der Waals surface area contributed by atoms with Crippen LogP contribution in [0.15, 0.2) is 85.3 Å². The van der Waals surface area contributed by atoms with Crippen LogP contribution in [0.25, 0.3) is 38.5 Å². The molecule has 1 atom stereocenters. The smallest absolute Gasteiger partial charge is 0.213 e. The molecule has 1 unspecified atom stereocenters. The first-order valence-electron chi connectivity index (χ1n) is 14.2. The third-order valence-corrected chi connectivity index (χ3v) is 9.08. The average molecular weight is 642 g/mol. The van der Waals surface area contributed by atoms with Gasteiger partial charge >= 0.3 is 0 Å². The minimum atomic E-state index is 0.176. The van der Waals surface area contributed by atoms with Gasteiger partial charge in [0.15, 0.2) is 0 Å². The summed E-state index contributed by atoms with van der Waals surface area (Å²) in [4.78, 5) is 8.94. The standard InChI is InChI=1S/C34H32IN3O2/c1-38-32-14-15-36-21-31(32)30-12-9-24(17-33(30)38)25-10-13-34(37-20-25)40-29-18-28(19-29)39-27-7-3-4-22(8-11-27)23-5-2-6-26(35)16-23/h2,4-6,9-10,12-17,20-21,27-29H,3,7-8,11,18-19H2,1H3. The molecule has 202 valence electrons. The van der Waals surface area contributed by atoms with Crippen molar-refractivity contribution in [2.45, 2.75) is 56.8 Å². The number of allylic oxidation sites excluding steroid dienone is 2. The van der Waals surface area contributed by atoms with E-state index in [1.165, 1.54) is 36.5 Å². The molecule has 6 heteroatoms. The van der Waals surface area contributed by atoms with E-state index in [0.717, 1.165) is 49.7 Å². The number of hydrogen-bond acceptors (Lipinski definition) is 4. The zero-order valence-electron chi connectivity index (χ0n) is 22.6. The number of rotatable bonds is 6. The third kappa shape index (κ3) is 5.15. The second-order valence-electron chi connectivity index (χ2n) is 11.0. The van der Waals surface area contributed by atoms with Crippen molar-refractivity contribution >= 4 is 50.0 Å². The van der Waals surface area contributed by atoms with E-state index in [0.29, 0.717) is 12.0 Å². The first-order valence-corrected chi connectivity index (χ1v) is 15.2. The van der Waals surface area contributed by atoms with Crippen LogP contribution in [-0.4, -0.2) is 32.8 Å². The van der Waals surface area contributed by atoms with Crippen LogP contribution in [-0.2, 0) is 11.8 Å². The molecule has 2 aliphatic rings. The molecule has 0 spiro atoms. The molecule has 0 radical (unpaired) electrons. The highest BCUT2D eigenvalue weighted by molar-refractivity contribution is 14.1. The number of fused-ring (bicyclic) bond motifs is 3. The number of aryl methyl sites for hydroxylation is 1. The molecular formula is C34H32IN3O2. The first-order chi connectivity index (χ1) is 19.6. The summed E-state index contributed by atoms with van der Waals surface area (Å²) in [5, 5.41) is 2.40. The maximum Gasteiger partial charge on any atom is 0.213 e. The van der Waals surface area contributed by atoms with E-state index in [2.05, 4.69) is 105 Å². The molecule has 1 saturated carbocycles. The summed E-state index contributed by atoms with van der Waals surface area (Å²) < 4.78 is 16.2. The molecule has 40 heavy (non-hydrogen) atoms. The highest BCUT2D eigenvalue weighted by Gasteiger charge is 2.34. The van der Waals surface area contributed by atoms with Crippen molar-refractivity contribution in [2.24, 2.45) is 7.05 Å². The van der Waals surface area contributed by atoms with Crippen molar-refractivity contribution in [1.82, 2.24) is 14.5 Å². The van der Waals surface area contributed by atoms with Crippen molar-refractivity contribution in [3.63, 3.8) is 0 Å². The summed E-state index contributed by atoms with van der Waals surface area (Å²) in [6.45, 7) is 0. The topological polar surface area (TPSA) is 49.2 Å². The van der Waals surface area contributed by atoms with E-state index in [4.69, 9.17) is 9.47 Å². The van der Waals surface area contributed by atoms with Gasteiger partial charge in [-0.25, -0.2) is 4.98 Å². The molecule has 0 bridgehead atoms. The zero-order valence-corrected chi connectivity index (χ0v) is 24.8. The maximum absolute atomic E-state index is 6.49. The van der Waals surface area contributed by atoms with E-state index < -0.39 is 0 Å². The molecule has 0 aliphatic heterocycles. The molecule has 0 N–H and O–H groups in total. The second kappa shape index (κ2) is 11.0. The van der Waals surface area contributed by atoms with Gasteiger partial charge in [-0.15, -0.1) is 0 Å². The predicted molar refractivity (Wildman–Crippen MR) is 169 cm³/mol. The number of aromatic nitrogens is 3. The molecule has 0 saturated heterocycles. The number of ether oxygens (including phenoxy) is 2. The van der Waals surface area contributed by atoms with Crippen LogP contribution < -0.4 is 4.74 Å². The summed E-state index contributed by atoms with van der Waals surface area (Å²) in [7, 11) is 2.11. The van der Waals surface area contributed by atoms with Crippen LogP contribution in [0.5, 0.6) is 5.88 Å². The maximum atomic E-state index is 6.49. The summed E-state index contributed by atoms with van der Waals surface area (Å²) in [6, 6.07) is 21.5. The van der Waals surface area contributed by atoms with Gasteiger partial charge in [0.2, 0.25) is 5.88 Å². The Morgan fingerprint density at radius 3 is 2.58 bits per heavy atom. The van der Waals surface area contributed by atoms with E-state index in [9.17, 15) is 0 Å². The lowest BCUT2D eigenvalue weighted by Gasteiger charge is -2.37. The number of nitrogens with zero attached hydrogens (tertiary/aromatic N) is 3. The van der Waals surface area contributed by atoms with E-state index in [1.54, 1.807) is 0 Å². The highest BCUT2D eigenvalue weighted by atomic mass is 127. The lowest BCUT2D eigenvalue weighted by atomic mass is 9.91. The Bertz CT molecular complexity index is 1700. The monoisotopic (exact) mass is 641 g/mol. The average Bonchev–Trinajstić information content (AvgIpc) is 3.09. The van der Waals surface area contributed by atoms with Gasteiger partial charge in [-0.3, -0.25) is 4.98 Å². The van der Waals surface area contributed by atoms with Gasteiger partial charge in [0.1, 0.15) is 6.10 Å². The van der Waals surface area contributed by atoms with Crippen LogP contribution in [0.2, 0.25) is 0 Å². The zero-order chi connectivity index (χ0) is 27.1. The molecule has 5 nitrogen and oxygen atoms in total. The van der Waals surface area contributed by atoms with Crippen LogP contribution in [0.4, 0.5) is 0 Å². The fraction of sp³-hybridized carbons (Fsp3) is 0.294. The van der Waals surface area contributed by atoms with Crippen LogP contribution in [0.3, 0.4) is 0 Å². The summed E-state index contributed by atoms with van der Waals surface area (Å²) >= 11 is 2.39. The van der Waals surface area contributed by atoms with Gasteiger partial charge in [0.05, 0.1) is 17.7 Å². The molecule has 0 amide bonds. The Labute approximate surface area is 248 Å². The molecule has 3 heterocycles. The lowest BCUT2D eigenvalue weighted by molar-refractivity contribution is -0.0997. The fourth-order valence-corrected chi connectivity index (χ4v) is 6.66. The van der Waals surface area contributed by atoms with Gasteiger partial charge in [-0.05, 0) is 95.3 Å². The molecule has 2 aromatic carbocycles. The summed E-state index contributed by atoms with van der Waals surface area (Å²) in [5.41, 5.74) is 7.42. The van der Waals surface area contributed by atoms with E-state index in [1.807, 2.05) is 24.7 Å². The van der Waals surface area contributed by atoms with Crippen LogP contribution in [0.1, 0.15) is 44.1 Å². The third-order valence-electron chi connectivity index (χ3n) is 8.41. The number of pyridine rings is 2. The van der Waals surface area contributed by atoms with Gasteiger partial charge in [0.25, 0.3) is 0 Å². The SMILES string of the molecule is Cn1c2ccncc2c2ccc(-c3ccc(OC4CC(OC5CCC=C(c6cccc(I)c6)CC5)C4)nc3)cc21. The van der Waals surface area contributed by atoms with Crippen LogP contribution in [0, 0.1) is 3.57 Å². The summed E-state index contributed by atoms with van der Waals surface area (Å²) in [6.07, 6.45) is 15.1. The number of benzene rings is 2. The lowest BCUT2D eigenvalue weighted by Crippen LogP contribution is -2.41. The predicted octanol–water partition coefficient (Wildman–Crippen LogP) is 8.35.